The second kappa shape index (κ2) is 13.0. The van der Waals surface area contributed by atoms with Crippen LogP contribution in [0.15, 0.2) is 41.7 Å². The van der Waals surface area contributed by atoms with E-state index in [4.69, 9.17) is 23.7 Å². The molecule has 6 N–H and O–H groups in total. The molecule has 0 saturated carbocycles. The Balaban J connectivity index is 1.71. The van der Waals surface area contributed by atoms with Gasteiger partial charge >= 0.3 is 11.9 Å². The maximum absolute atomic E-state index is 12.7. The summed E-state index contributed by atoms with van der Waals surface area (Å²) in [5, 5.41) is 58.8. The molecule has 38 heavy (non-hydrogen) atoms. The quantitative estimate of drug-likeness (QED) is 0.131. The SMILES string of the molecule is C/C=C1\[C@H](O[C@H]2O[C@@H](CO)[C@@H](O)[C@@H](O)[C@@H]2O)OC=C(C(=O)OC)[C@H]1CC(=O)OCCc1ccc(O)c(O)c1. The van der Waals surface area contributed by atoms with Gasteiger partial charge in [0.15, 0.2) is 17.8 Å². The molecule has 210 valence electrons. The molecule has 2 heterocycles. The number of methoxy groups -OCH3 is 1. The summed E-state index contributed by atoms with van der Waals surface area (Å²) in [7, 11) is 1.16. The molecule has 1 fully saturated rings. The van der Waals surface area contributed by atoms with E-state index in [-0.39, 0.29) is 36.5 Å². The molecular formula is C25H32O13. The topological polar surface area (TPSA) is 202 Å². The van der Waals surface area contributed by atoms with Crippen molar-refractivity contribution in [3.05, 3.63) is 47.2 Å². The van der Waals surface area contributed by atoms with Crippen molar-refractivity contribution in [3.63, 3.8) is 0 Å². The van der Waals surface area contributed by atoms with Crippen molar-refractivity contribution < 1.29 is 63.9 Å². The highest BCUT2D eigenvalue weighted by Gasteiger charge is 2.46. The van der Waals surface area contributed by atoms with Gasteiger partial charge in [-0.05, 0) is 24.6 Å². The number of rotatable bonds is 9. The molecule has 0 aromatic heterocycles. The zero-order chi connectivity index (χ0) is 28.0. The number of phenols is 2. The Morgan fingerprint density at radius 2 is 1.82 bits per heavy atom. The Kier molecular flexibility index (Phi) is 10.1. The van der Waals surface area contributed by atoms with Crippen LogP contribution in [0.3, 0.4) is 0 Å². The fourth-order valence-electron chi connectivity index (χ4n) is 4.16. The molecule has 3 rings (SSSR count). The molecule has 2 aliphatic rings. The van der Waals surface area contributed by atoms with E-state index < -0.39 is 61.5 Å². The Bertz CT molecular complexity index is 1050. The first-order valence-electron chi connectivity index (χ1n) is 11.8. The first kappa shape index (κ1) is 29.4. The predicted molar refractivity (Wildman–Crippen MR) is 126 cm³/mol. The van der Waals surface area contributed by atoms with Gasteiger partial charge in [-0.3, -0.25) is 4.79 Å². The number of aliphatic hydroxyl groups excluding tert-OH is 4. The molecular weight excluding hydrogens is 508 g/mol. The van der Waals surface area contributed by atoms with E-state index in [0.29, 0.717) is 11.1 Å². The van der Waals surface area contributed by atoms with Gasteiger partial charge in [0.25, 0.3) is 0 Å². The maximum atomic E-state index is 12.7. The standard InChI is InChI=1S/C25H32O13/c1-3-13-14(9-19(29)35-7-6-12-4-5-16(27)17(28)8-12)15(23(33)34-2)11-36-24(13)38-25-22(32)21(31)20(30)18(10-26)37-25/h3-5,8,11,14,18,20-22,24-28,30-32H,6-7,9-10H2,1-2H3/b13-3-/t14-,18-,20+,21+,22-,24-,25+/m0/s1. The zero-order valence-corrected chi connectivity index (χ0v) is 20.8. The fourth-order valence-corrected chi connectivity index (χ4v) is 4.16. The van der Waals surface area contributed by atoms with Crippen molar-refractivity contribution in [3.8, 4) is 11.5 Å². The van der Waals surface area contributed by atoms with Crippen LogP contribution < -0.4 is 0 Å². The third-order valence-corrected chi connectivity index (χ3v) is 6.29. The molecule has 1 aromatic rings. The van der Waals surface area contributed by atoms with Gasteiger partial charge in [-0.1, -0.05) is 12.1 Å². The average Bonchev–Trinajstić information content (AvgIpc) is 2.90. The van der Waals surface area contributed by atoms with Gasteiger partial charge in [-0.2, -0.15) is 0 Å². The number of benzene rings is 1. The third kappa shape index (κ3) is 6.62. The number of ether oxygens (including phenoxy) is 5. The van der Waals surface area contributed by atoms with Crippen molar-refractivity contribution in [1.29, 1.82) is 0 Å². The summed E-state index contributed by atoms with van der Waals surface area (Å²) < 4.78 is 26.7. The monoisotopic (exact) mass is 540 g/mol. The largest absolute Gasteiger partial charge is 0.504 e. The van der Waals surface area contributed by atoms with Gasteiger partial charge in [-0.15, -0.1) is 0 Å². The minimum atomic E-state index is -1.69. The van der Waals surface area contributed by atoms with Gasteiger partial charge < -0.3 is 54.3 Å². The van der Waals surface area contributed by atoms with Crippen molar-refractivity contribution in [2.24, 2.45) is 5.92 Å². The fraction of sp³-hybridized carbons (Fsp3) is 0.520. The number of esters is 2. The number of carbonyl (C=O) groups excluding carboxylic acids is 2. The lowest BCUT2D eigenvalue weighted by Gasteiger charge is -2.41. The first-order valence-corrected chi connectivity index (χ1v) is 11.8. The minimum Gasteiger partial charge on any atom is -0.504 e. The second-order valence-corrected chi connectivity index (χ2v) is 8.71. The molecule has 0 radical (unpaired) electrons. The molecule has 0 amide bonds. The van der Waals surface area contributed by atoms with Crippen molar-refractivity contribution in [1.82, 2.24) is 0 Å². The van der Waals surface area contributed by atoms with Crippen LogP contribution in [0.25, 0.3) is 0 Å². The average molecular weight is 541 g/mol. The van der Waals surface area contributed by atoms with Crippen LogP contribution in [-0.4, -0.2) is 99.9 Å². The molecule has 13 heteroatoms. The first-order chi connectivity index (χ1) is 18.1. The number of hydrogen-bond donors (Lipinski definition) is 6. The molecule has 13 nitrogen and oxygen atoms in total. The number of phenolic OH excluding ortho intramolecular Hbond substituents is 2. The normalized spacial score (nSPS) is 30.3. The predicted octanol–water partition coefficient (Wildman–Crippen LogP) is -0.634. The van der Waals surface area contributed by atoms with Crippen LogP contribution in [0.2, 0.25) is 0 Å². The van der Waals surface area contributed by atoms with Gasteiger partial charge in [0.1, 0.15) is 24.4 Å². The van der Waals surface area contributed by atoms with Gasteiger partial charge in [0.05, 0.1) is 38.6 Å². The van der Waals surface area contributed by atoms with Crippen molar-refractivity contribution in [2.75, 3.05) is 20.3 Å². The number of aromatic hydroxyl groups is 2. The summed E-state index contributed by atoms with van der Waals surface area (Å²) in [5.41, 5.74) is 0.927. The van der Waals surface area contributed by atoms with Crippen molar-refractivity contribution in [2.45, 2.75) is 56.8 Å². The van der Waals surface area contributed by atoms with Gasteiger partial charge in [0.2, 0.25) is 6.29 Å². The minimum absolute atomic E-state index is 0.00894. The molecule has 2 aliphatic heterocycles. The van der Waals surface area contributed by atoms with Crippen LogP contribution >= 0.6 is 0 Å². The molecule has 1 aromatic carbocycles. The lowest BCUT2D eigenvalue weighted by atomic mass is 9.86. The Labute approximate surface area is 218 Å². The van der Waals surface area contributed by atoms with Crippen LogP contribution in [-0.2, 0) is 39.7 Å². The summed E-state index contributed by atoms with van der Waals surface area (Å²) in [5.74, 6) is -2.89. The lowest BCUT2D eigenvalue weighted by Crippen LogP contribution is -2.60. The smallest absolute Gasteiger partial charge is 0.337 e. The Hall–Kier alpha value is -3.20. The summed E-state index contributed by atoms with van der Waals surface area (Å²) >= 11 is 0. The van der Waals surface area contributed by atoms with Crippen LogP contribution in [0.5, 0.6) is 11.5 Å². The number of allylic oxidation sites excluding steroid dienone is 1. The molecule has 0 bridgehead atoms. The highest BCUT2D eigenvalue weighted by atomic mass is 16.8. The Morgan fingerprint density at radius 3 is 2.45 bits per heavy atom. The summed E-state index contributed by atoms with van der Waals surface area (Å²) in [6, 6.07) is 4.23. The summed E-state index contributed by atoms with van der Waals surface area (Å²) in [6.07, 6.45) is -6.39. The Morgan fingerprint density at radius 1 is 1.08 bits per heavy atom. The summed E-state index contributed by atoms with van der Waals surface area (Å²) in [4.78, 5) is 25.1. The van der Waals surface area contributed by atoms with Gasteiger partial charge in [0, 0.05) is 17.9 Å². The van der Waals surface area contributed by atoms with Gasteiger partial charge in [-0.25, -0.2) is 4.79 Å². The van der Waals surface area contributed by atoms with Crippen LogP contribution in [0.1, 0.15) is 18.9 Å². The van der Waals surface area contributed by atoms with E-state index in [9.17, 15) is 40.2 Å². The number of hydrogen-bond acceptors (Lipinski definition) is 13. The van der Waals surface area contributed by atoms with Crippen LogP contribution in [0, 0.1) is 5.92 Å². The number of aliphatic hydroxyl groups is 4. The van der Waals surface area contributed by atoms with E-state index in [2.05, 4.69) is 0 Å². The van der Waals surface area contributed by atoms with E-state index in [1.54, 1.807) is 19.1 Å². The van der Waals surface area contributed by atoms with E-state index in [1.165, 1.54) is 12.1 Å². The maximum Gasteiger partial charge on any atom is 0.337 e. The van der Waals surface area contributed by atoms with Crippen molar-refractivity contribution >= 4 is 11.9 Å². The molecule has 0 unspecified atom stereocenters. The zero-order valence-electron chi connectivity index (χ0n) is 20.8. The van der Waals surface area contributed by atoms with E-state index in [1.807, 2.05) is 0 Å². The van der Waals surface area contributed by atoms with Crippen LogP contribution in [0.4, 0.5) is 0 Å². The summed E-state index contributed by atoms with van der Waals surface area (Å²) in [6.45, 7) is 0.912. The van der Waals surface area contributed by atoms with E-state index in [0.717, 1.165) is 13.4 Å². The molecule has 0 spiro atoms. The van der Waals surface area contributed by atoms with E-state index >= 15 is 0 Å². The highest BCUT2D eigenvalue weighted by Crippen LogP contribution is 2.36. The molecule has 0 aliphatic carbocycles. The second-order valence-electron chi connectivity index (χ2n) is 8.71. The molecule has 1 saturated heterocycles. The number of carbonyl (C=O) groups is 2. The highest BCUT2D eigenvalue weighted by molar-refractivity contribution is 5.90. The third-order valence-electron chi connectivity index (χ3n) is 6.29. The molecule has 7 atom stereocenters. The lowest BCUT2D eigenvalue weighted by molar-refractivity contribution is -0.327.